The molecule has 0 radical (unpaired) electrons. The summed E-state index contributed by atoms with van der Waals surface area (Å²) in [5, 5.41) is 0. The highest BCUT2D eigenvalue weighted by atomic mass is 32.2. The molecule has 7 nitrogen and oxygen atoms in total. The van der Waals surface area contributed by atoms with Gasteiger partial charge in [-0.3, -0.25) is 0 Å². The normalized spacial score (nSPS) is 16.9. The maximum atomic E-state index is 12.5. The molecule has 0 aliphatic carbocycles. The number of aromatic nitrogens is 2. The predicted octanol–water partition coefficient (Wildman–Crippen LogP) is 1.31. The molecule has 1 aliphatic heterocycles. The van der Waals surface area contributed by atoms with Crippen LogP contribution in [-0.4, -0.2) is 31.5 Å². The molecule has 1 aliphatic rings. The lowest BCUT2D eigenvalue weighted by atomic mass is 10.0. The maximum Gasteiger partial charge on any atom is 0.323 e. The number of ether oxygens (including phenoxy) is 1. The van der Waals surface area contributed by atoms with Gasteiger partial charge in [0.15, 0.2) is 0 Å². The van der Waals surface area contributed by atoms with Crippen molar-refractivity contribution in [2.75, 3.05) is 13.2 Å². The third-order valence-corrected chi connectivity index (χ3v) is 5.54. The predicted molar refractivity (Wildman–Crippen MR) is 88.8 cm³/mol. The monoisotopic (exact) mass is 345 g/mol. The van der Waals surface area contributed by atoms with Crippen molar-refractivity contribution in [1.29, 1.82) is 0 Å². The average molecular weight is 345 g/mol. The Hall–Kier alpha value is -2.58. The van der Waals surface area contributed by atoms with Crippen LogP contribution in [0.15, 0.2) is 52.2 Å². The summed E-state index contributed by atoms with van der Waals surface area (Å²) < 4.78 is 33.2. The van der Waals surface area contributed by atoms with Gasteiger partial charge in [-0.15, -0.1) is 0 Å². The molecule has 0 spiro atoms. The van der Waals surface area contributed by atoms with Gasteiger partial charge in [0.25, 0.3) is 0 Å². The Kier molecular flexibility index (Phi) is 3.43. The molecule has 0 fully saturated rings. The van der Waals surface area contributed by atoms with E-state index in [2.05, 4.69) is 14.7 Å². The molecule has 8 heteroatoms. The van der Waals surface area contributed by atoms with Crippen LogP contribution in [0, 0.1) is 0 Å². The van der Waals surface area contributed by atoms with Crippen LogP contribution in [0.25, 0.3) is 11.0 Å². The number of imidazole rings is 1. The largest absolute Gasteiger partial charge is 0.493 e. The quantitative estimate of drug-likeness (QED) is 0.663. The van der Waals surface area contributed by atoms with Crippen molar-refractivity contribution in [3.8, 4) is 5.75 Å². The minimum atomic E-state index is -3.67. The third-order valence-electron chi connectivity index (χ3n) is 4.12. The first-order valence-corrected chi connectivity index (χ1v) is 8.95. The van der Waals surface area contributed by atoms with Crippen molar-refractivity contribution in [2.24, 2.45) is 0 Å². The Morgan fingerprint density at radius 2 is 1.92 bits per heavy atom. The number of benzene rings is 2. The highest BCUT2D eigenvalue weighted by Crippen LogP contribution is 2.33. The van der Waals surface area contributed by atoms with E-state index in [0.717, 1.165) is 11.3 Å². The van der Waals surface area contributed by atoms with Crippen LogP contribution < -0.4 is 15.1 Å². The Balaban J connectivity index is 1.56. The lowest BCUT2D eigenvalue weighted by Gasteiger charge is -2.11. The number of H-pyrrole nitrogens is 2. The summed E-state index contributed by atoms with van der Waals surface area (Å²) in [5.74, 6) is 0.778. The van der Waals surface area contributed by atoms with E-state index in [9.17, 15) is 13.2 Å². The molecule has 1 aromatic heterocycles. The fraction of sp³-hybridized carbons (Fsp3) is 0.188. The number of fused-ring (bicyclic) bond motifs is 2. The number of sulfonamides is 1. The molecule has 0 saturated heterocycles. The lowest BCUT2D eigenvalue weighted by molar-refractivity contribution is 0.330. The van der Waals surface area contributed by atoms with E-state index in [1.54, 1.807) is 6.07 Å². The molecule has 1 unspecified atom stereocenters. The third kappa shape index (κ3) is 2.59. The van der Waals surface area contributed by atoms with Gasteiger partial charge >= 0.3 is 5.69 Å². The van der Waals surface area contributed by atoms with Gasteiger partial charge < -0.3 is 14.7 Å². The minimum absolute atomic E-state index is 0.0215. The Bertz CT molecular complexity index is 1070. The maximum absolute atomic E-state index is 12.5. The number of rotatable bonds is 4. The van der Waals surface area contributed by atoms with Gasteiger partial charge in [-0.1, -0.05) is 18.2 Å². The summed E-state index contributed by atoms with van der Waals surface area (Å²) in [4.78, 5) is 16.5. The molecule has 0 saturated carbocycles. The molecule has 2 aromatic carbocycles. The molecule has 4 rings (SSSR count). The van der Waals surface area contributed by atoms with Gasteiger partial charge in [0.2, 0.25) is 10.0 Å². The number of para-hydroxylation sites is 1. The first-order valence-electron chi connectivity index (χ1n) is 7.46. The molecular weight excluding hydrogens is 330 g/mol. The highest BCUT2D eigenvalue weighted by Gasteiger charge is 2.25. The van der Waals surface area contributed by atoms with Crippen LogP contribution in [0.2, 0.25) is 0 Å². The van der Waals surface area contributed by atoms with Crippen LogP contribution in [0.1, 0.15) is 11.5 Å². The zero-order valence-corrected chi connectivity index (χ0v) is 13.4. The van der Waals surface area contributed by atoms with E-state index in [1.165, 1.54) is 12.1 Å². The second-order valence-corrected chi connectivity index (χ2v) is 7.45. The molecule has 24 heavy (non-hydrogen) atoms. The molecule has 0 amide bonds. The second-order valence-electron chi connectivity index (χ2n) is 5.68. The van der Waals surface area contributed by atoms with E-state index in [-0.39, 0.29) is 23.0 Å². The van der Waals surface area contributed by atoms with Crippen molar-refractivity contribution in [3.63, 3.8) is 0 Å². The van der Waals surface area contributed by atoms with Gasteiger partial charge in [0, 0.05) is 18.0 Å². The summed E-state index contributed by atoms with van der Waals surface area (Å²) >= 11 is 0. The van der Waals surface area contributed by atoms with Crippen molar-refractivity contribution in [2.45, 2.75) is 10.8 Å². The topological polar surface area (TPSA) is 104 Å². The van der Waals surface area contributed by atoms with Crippen LogP contribution >= 0.6 is 0 Å². The molecule has 1 atom stereocenters. The van der Waals surface area contributed by atoms with Gasteiger partial charge in [0.05, 0.1) is 22.5 Å². The van der Waals surface area contributed by atoms with Gasteiger partial charge in [-0.05, 0) is 24.3 Å². The standard InChI is InChI=1S/C16H15N3O4S/c20-16-18-13-6-5-11(7-14(13)19-16)24(21,22)17-8-10-9-23-15-4-2-1-3-12(10)15/h1-7,10,17H,8-9H2,(H2,18,19,20). The molecule has 124 valence electrons. The smallest absolute Gasteiger partial charge is 0.323 e. The molecule has 0 bridgehead atoms. The summed E-state index contributed by atoms with van der Waals surface area (Å²) in [6, 6.07) is 12.1. The summed E-state index contributed by atoms with van der Waals surface area (Å²) in [6.07, 6.45) is 0. The van der Waals surface area contributed by atoms with Crippen LogP contribution in [0.3, 0.4) is 0 Å². The van der Waals surface area contributed by atoms with Crippen molar-refractivity contribution < 1.29 is 13.2 Å². The fourth-order valence-electron chi connectivity index (χ4n) is 2.87. The Morgan fingerprint density at radius 1 is 1.12 bits per heavy atom. The summed E-state index contributed by atoms with van der Waals surface area (Å²) in [7, 11) is -3.67. The number of nitrogens with one attached hydrogen (secondary N) is 3. The summed E-state index contributed by atoms with van der Waals surface area (Å²) in [5.41, 5.74) is 1.66. The van der Waals surface area contributed by atoms with E-state index >= 15 is 0 Å². The fourth-order valence-corrected chi connectivity index (χ4v) is 3.98. The van der Waals surface area contributed by atoms with Crippen molar-refractivity contribution >= 4 is 21.1 Å². The van der Waals surface area contributed by atoms with Gasteiger partial charge in [0.1, 0.15) is 5.75 Å². The first kappa shape index (κ1) is 15.0. The van der Waals surface area contributed by atoms with E-state index in [0.29, 0.717) is 17.6 Å². The minimum Gasteiger partial charge on any atom is -0.493 e. The van der Waals surface area contributed by atoms with Crippen LogP contribution in [-0.2, 0) is 10.0 Å². The van der Waals surface area contributed by atoms with Gasteiger partial charge in [-0.25, -0.2) is 17.9 Å². The Morgan fingerprint density at radius 3 is 2.79 bits per heavy atom. The molecular formula is C16H15N3O4S. The first-order chi connectivity index (χ1) is 11.5. The van der Waals surface area contributed by atoms with Gasteiger partial charge in [-0.2, -0.15) is 0 Å². The molecule has 3 N–H and O–H groups in total. The molecule has 3 aromatic rings. The average Bonchev–Trinajstić information content (AvgIpc) is 3.14. The van der Waals surface area contributed by atoms with E-state index in [1.807, 2.05) is 24.3 Å². The number of hydrogen-bond acceptors (Lipinski definition) is 4. The second kappa shape index (κ2) is 5.50. The lowest BCUT2D eigenvalue weighted by Crippen LogP contribution is -2.29. The van der Waals surface area contributed by atoms with E-state index < -0.39 is 10.0 Å². The van der Waals surface area contributed by atoms with Crippen LogP contribution in [0.4, 0.5) is 0 Å². The zero-order chi connectivity index (χ0) is 16.7. The summed E-state index contributed by atoms with van der Waals surface area (Å²) in [6.45, 7) is 0.701. The zero-order valence-electron chi connectivity index (χ0n) is 12.6. The molecule has 2 heterocycles. The van der Waals surface area contributed by atoms with E-state index in [4.69, 9.17) is 4.74 Å². The Labute approximate surface area is 137 Å². The highest BCUT2D eigenvalue weighted by molar-refractivity contribution is 7.89. The van der Waals surface area contributed by atoms with Crippen molar-refractivity contribution in [3.05, 3.63) is 58.5 Å². The number of aromatic amines is 2. The SMILES string of the molecule is O=c1[nH]c2ccc(S(=O)(=O)NCC3COc4ccccc43)cc2[nH]1. The van der Waals surface area contributed by atoms with Crippen molar-refractivity contribution in [1.82, 2.24) is 14.7 Å². The van der Waals surface area contributed by atoms with Crippen LogP contribution in [0.5, 0.6) is 5.75 Å². The number of hydrogen-bond donors (Lipinski definition) is 3.